The van der Waals surface area contributed by atoms with E-state index in [1.165, 1.54) is 12.1 Å². The van der Waals surface area contributed by atoms with Crippen LogP contribution in [0.1, 0.15) is 18.0 Å². The lowest BCUT2D eigenvalue weighted by molar-refractivity contribution is 0.141. The van der Waals surface area contributed by atoms with Gasteiger partial charge in [0.05, 0.1) is 0 Å². The van der Waals surface area contributed by atoms with Gasteiger partial charge in [-0.05, 0) is 24.1 Å². The molecule has 1 aliphatic rings. The number of piperazine rings is 1. The maximum Gasteiger partial charge on any atom is 0.165 e. The molecule has 0 aliphatic carbocycles. The van der Waals surface area contributed by atoms with Crippen molar-refractivity contribution in [3.63, 3.8) is 0 Å². The van der Waals surface area contributed by atoms with E-state index in [4.69, 9.17) is 5.11 Å². The molecule has 1 atom stereocenters. The highest BCUT2D eigenvalue weighted by atomic mass is 35.5. The second-order valence-corrected chi connectivity index (χ2v) is 4.52. The number of nitrogens with one attached hydrogen (secondary N) is 1. The van der Waals surface area contributed by atoms with Crippen molar-refractivity contribution in [2.24, 2.45) is 0 Å². The van der Waals surface area contributed by atoms with Gasteiger partial charge in [0.1, 0.15) is 0 Å². The monoisotopic (exact) mass is 290 g/mol. The van der Waals surface area contributed by atoms with E-state index in [1.54, 1.807) is 6.07 Å². The van der Waals surface area contributed by atoms with E-state index in [1.807, 2.05) is 0 Å². The molecule has 19 heavy (non-hydrogen) atoms. The van der Waals surface area contributed by atoms with Crippen molar-refractivity contribution in [2.75, 3.05) is 32.8 Å². The summed E-state index contributed by atoms with van der Waals surface area (Å²) in [4.78, 5) is 2.23. The van der Waals surface area contributed by atoms with Gasteiger partial charge in [0.2, 0.25) is 0 Å². The van der Waals surface area contributed by atoms with Gasteiger partial charge in [-0.3, -0.25) is 4.90 Å². The fraction of sp³-hybridized carbons (Fsp3) is 0.538. The summed E-state index contributed by atoms with van der Waals surface area (Å²) < 4.78 is 13.4. The molecular formula is C13H20ClFN2O2. The number of rotatable bonds is 4. The summed E-state index contributed by atoms with van der Waals surface area (Å²) in [5, 5.41) is 21.7. The van der Waals surface area contributed by atoms with Crippen LogP contribution in [0.3, 0.4) is 0 Å². The first-order valence-electron chi connectivity index (χ1n) is 6.26. The number of aromatic hydroxyl groups is 1. The number of phenolic OH excluding ortho intramolecular Hbond substituents is 1. The zero-order chi connectivity index (χ0) is 13.0. The summed E-state index contributed by atoms with van der Waals surface area (Å²) in [7, 11) is 0. The average Bonchev–Trinajstić information content (AvgIpc) is 2.40. The topological polar surface area (TPSA) is 55.7 Å². The van der Waals surface area contributed by atoms with Crippen LogP contribution in [0.5, 0.6) is 5.75 Å². The van der Waals surface area contributed by atoms with Gasteiger partial charge in [0, 0.05) is 38.8 Å². The van der Waals surface area contributed by atoms with Gasteiger partial charge < -0.3 is 15.5 Å². The lowest BCUT2D eigenvalue weighted by atomic mass is 10.0. The lowest BCUT2D eigenvalue weighted by Gasteiger charge is -2.35. The number of hydrogen-bond donors (Lipinski definition) is 3. The molecule has 1 aromatic rings. The molecule has 4 nitrogen and oxygen atoms in total. The molecule has 0 aromatic heterocycles. The molecular weight excluding hydrogens is 271 g/mol. The van der Waals surface area contributed by atoms with Crippen molar-refractivity contribution < 1.29 is 14.6 Å². The minimum Gasteiger partial charge on any atom is -0.505 e. The Morgan fingerprint density at radius 1 is 1.32 bits per heavy atom. The van der Waals surface area contributed by atoms with Crippen molar-refractivity contribution in [3.8, 4) is 5.75 Å². The van der Waals surface area contributed by atoms with Gasteiger partial charge in [-0.2, -0.15) is 0 Å². The highest BCUT2D eigenvalue weighted by molar-refractivity contribution is 5.85. The molecule has 0 unspecified atom stereocenters. The van der Waals surface area contributed by atoms with E-state index in [-0.39, 0.29) is 30.8 Å². The summed E-state index contributed by atoms with van der Waals surface area (Å²) in [6.45, 7) is 3.64. The second-order valence-electron chi connectivity index (χ2n) is 4.52. The minimum absolute atomic E-state index is 0. The zero-order valence-corrected chi connectivity index (χ0v) is 11.5. The first-order chi connectivity index (χ1) is 8.72. The van der Waals surface area contributed by atoms with Gasteiger partial charge in [0.25, 0.3) is 0 Å². The first-order valence-corrected chi connectivity index (χ1v) is 6.26. The van der Waals surface area contributed by atoms with Crippen molar-refractivity contribution in [2.45, 2.75) is 12.5 Å². The molecule has 1 fully saturated rings. The molecule has 1 aliphatic heterocycles. The Morgan fingerprint density at radius 3 is 2.58 bits per heavy atom. The first kappa shape index (κ1) is 16.2. The highest BCUT2D eigenvalue weighted by Crippen LogP contribution is 2.27. The van der Waals surface area contributed by atoms with Gasteiger partial charge in [0.15, 0.2) is 11.6 Å². The summed E-state index contributed by atoms with van der Waals surface area (Å²) in [5.41, 5.74) is 0.807. The summed E-state index contributed by atoms with van der Waals surface area (Å²) >= 11 is 0. The molecule has 0 radical (unpaired) electrons. The fourth-order valence-electron chi connectivity index (χ4n) is 2.41. The van der Waals surface area contributed by atoms with Crippen LogP contribution in [0.15, 0.2) is 18.2 Å². The zero-order valence-electron chi connectivity index (χ0n) is 10.7. The molecule has 0 bridgehead atoms. The highest BCUT2D eigenvalue weighted by Gasteiger charge is 2.22. The van der Waals surface area contributed by atoms with Gasteiger partial charge in [-0.1, -0.05) is 6.07 Å². The van der Waals surface area contributed by atoms with Crippen molar-refractivity contribution in [1.29, 1.82) is 0 Å². The van der Waals surface area contributed by atoms with Crippen LogP contribution in [0.2, 0.25) is 0 Å². The number of nitrogens with zero attached hydrogens (tertiary/aromatic N) is 1. The Hall–Kier alpha value is -0.880. The molecule has 108 valence electrons. The standard InChI is InChI=1S/C13H19FN2O2.ClH/c14-11-9-10(1-2-13(11)18)12(3-8-17)16-6-4-15-5-7-16;/h1-2,9,12,15,17-18H,3-8H2;1H/t12-;/m1./s1. The van der Waals surface area contributed by atoms with Gasteiger partial charge in [-0.15, -0.1) is 12.4 Å². The van der Waals surface area contributed by atoms with Crippen LogP contribution in [-0.2, 0) is 0 Å². The Balaban J connectivity index is 0.00000180. The molecule has 1 aromatic carbocycles. The van der Waals surface area contributed by atoms with Crippen LogP contribution < -0.4 is 5.32 Å². The third-order valence-electron chi connectivity index (χ3n) is 3.35. The van der Waals surface area contributed by atoms with E-state index in [0.717, 1.165) is 31.7 Å². The molecule has 1 saturated heterocycles. The van der Waals surface area contributed by atoms with Crippen LogP contribution in [-0.4, -0.2) is 47.9 Å². The number of aliphatic hydroxyl groups is 1. The van der Waals surface area contributed by atoms with Gasteiger partial charge in [-0.25, -0.2) is 4.39 Å². The van der Waals surface area contributed by atoms with E-state index < -0.39 is 5.82 Å². The molecule has 0 amide bonds. The predicted octanol–water partition coefficient (Wildman–Crippen LogP) is 1.28. The quantitative estimate of drug-likeness (QED) is 0.782. The van der Waals surface area contributed by atoms with Crippen molar-refractivity contribution in [3.05, 3.63) is 29.6 Å². The molecule has 3 N–H and O–H groups in total. The maximum atomic E-state index is 13.4. The number of halogens is 2. The van der Waals surface area contributed by atoms with Crippen molar-refractivity contribution >= 4 is 12.4 Å². The molecule has 1 heterocycles. The van der Waals surface area contributed by atoms with E-state index in [0.29, 0.717) is 6.42 Å². The number of hydrogen-bond acceptors (Lipinski definition) is 4. The van der Waals surface area contributed by atoms with Gasteiger partial charge >= 0.3 is 0 Å². The summed E-state index contributed by atoms with van der Waals surface area (Å²) in [6, 6.07) is 4.46. The third-order valence-corrected chi connectivity index (χ3v) is 3.35. The number of benzene rings is 1. The smallest absolute Gasteiger partial charge is 0.165 e. The molecule has 2 rings (SSSR count). The third kappa shape index (κ3) is 4.04. The fourth-order valence-corrected chi connectivity index (χ4v) is 2.41. The van der Waals surface area contributed by atoms with Crippen LogP contribution in [0.25, 0.3) is 0 Å². The lowest BCUT2D eigenvalue weighted by Crippen LogP contribution is -2.45. The average molecular weight is 291 g/mol. The van der Waals surface area contributed by atoms with E-state index in [9.17, 15) is 9.50 Å². The van der Waals surface area contributed by atoms with E-state index in [2.05, 4.69) is 10.2 Å². The SMILES string of the molecule is Cl.OCC[C@H](c1ccc(O)c(F)c1)N1CCNCC1. The Labute approximate surface area is 118 Å². The Bertz CT molecular complexity index is 400. The summed E-state index contributed by atoms with van der Waals surface area (Å²) in [6.07, 6.45) is 0.574. The minimum atomic E-state index is -0.606. The molecule has 6 heteroatoms. The molecule has 0 saturated carbocycles. The predicted molar refractivity (Wildman–Crippen MR) is 74.2 cm³/mol. The number of aliphatic hydroxyl groups excluding tert-OH is 1. The van der Waals surface area contributed by atoms with Crippen LogP contribution >= 0.6 is 12.4 Å². The van der Waals surface area contributed by atoms with Crippen LogP contribution in [0, 0.1) is 5.82 Å². The largest absolute Gasteiger partial charge is 0.505 e. The van der Waals surface area contributed by atoms with E-state index >= 15 is 0 Å². The second kappa shape index (κ2) is 7.65. The molecule has 0 spiro atoms. The maximum absolute atomic E-state index is 13.4. The number of phenols is 1. The normalized spacial score (nSPS) is 17.8. The van der Waals surface area contributed by atoms with Crippen molar-refractivity contribution in [1.82, 2.24) is 10.2 Å². The van der Waals surface area contributed by atoms with Crippen LogP contribution in [0.4, 0.5) is 4.39 Å². The summed E-state index contributed by atoms with van der Waals surface area (Å²) in [5.74, 6) is -0.938. The Morgan fingerprint density at radius 2 is 2.00 bits per heavy atom. The Kier molecular flexibility index (Phi) is 6.51.